The Bertz CT molecular complexity index is 633. The summed E-state index contributed by atoms with van der Waals surface area (Å²) in [4.78, 5) is 31.9. The summed E-state index contributed by atoms with van der Waals surface area (Å²) in [5.41, 5.74) is 1.16. The molecule has 0 unspecified atom stereocenters. The molecule has 0 atom stereocenters. The lowest BCUT2D eigenvalue weighted by atomic mass is 9.94. The van der Waals surface area contributed by atoms with Gasteiger partial charge in [0.15, 0.2) is 0 Å². The molecule has 154 valence electrons. The van der Waals surface area contributed by atoms with Crippen LogP contribution in [-0.4, -0.2) is 65.3 Å². The number of piperidine rings is 2. The second-order valence-electron chi connectivity index (χ2n) is 8.54. The minimum Gasteiger partial charge on any atom is -0.342 e. The van der Waals surface area contributed by atoms with Crippen LogP contribution >= 0.6 is 0 Å². The number of likely N-dealkylation sites (tertiary alicyclic amines) is 2. The Labute approximate surface area is 169 Å². The number of nitrogens with zero attached hydrogens (tertiary/aromatic N) is 3. The molecular weight excluding hydrogens is 350 g/mol. The van der Waals surface area contributed by atoms with Crippen molar-refractivity contribution in [2.75, 3.05) is 32.7 Å². The standard InChI is InChI=1S/C23H35N3O2/c1-19(2)26(17-20-9-5-3-6-10-20)22(27)18-24-15-11-21(12-16-24)23(28)25-13-7-4-8-14-25/h3,5-6,9-10,19,21H,4,7-8,11-18H2,1-2H3. The number of rotatable bonds is 6. The molecule has 0 N–H and O–H groups in total. The molecule has 0 radical (unpaired) electrons. The highest BCUT2D eigenvalue weighted by molar-refractivity contribution is 5.80. The molecule has 0 saturated carbocycles. The van der Waals surface area contributed by atoms with Gasteiger partial charge in [0.05, 0.1) is 6.54 Å². The summed E-state index contributed by atoms with van der Waals surface area (Å²) in [6.07, 6.45) is 5.29. The summed E-state index contributed by atoms with van der Waals surface area (Å²) >= 11 is 0. The summed E-state index contributed by atoms with van der Waals surface area (Å²) in [7, 11) is 0. The van der Waals surface area contributed by atoms with Crippen LogP contribution in [0.4, 0.5) is 0 Å². The summed E-state index contributed by atoms with van der Waals surface area (Å²) in [5, 5.41) is 0. The van der Waals surface area contributed by atoms with Crippen molar-refractivity contribution in [2.24, 2.45) is 5.92 Å². The van der Waals surface area contributed by atoms with E-state index in [4.69, 9.17) is 0 Å². The number of carbonyl (C=O) groups excluding carboxylic acids is 2. The first kappa shape index (κ1) is 20.8. The van der Waals surface area contributed by atoms with Crippen molar-refractivity contribution in [3.8, 4) is 0 Å². The molecule has 28 heavy (non-hydrogen) atoms. The van der Waals surface area contributed by atoms with Gasteiger partial charge in [-0.1, -0.05) is 30.3 Å². The third kappa shape index (κ3) is 5.57. The van der Waals surface area contributed by atoms with Gasteiger partial charge in [-0.15, -0.1) is 0 Å². The lowest BCUT2D eigenvalue weighted by Gasteiger charge is -2.36. The fourth-order valence-electron chi connectivity index (χ4n) is 4.33. The first-order valence-electron chi connectivity index (χ1n) is 10.9. The molecule has 0 bridgehead atoms. The van der Waals surface area contributed by atoms with Crippen LogP contribution in [0.1, 0.15) is 51.5 Å². The fraction of sp³-hybridized carbons (Fsp3) is 0.652. The molecular formula is C23H35N3O2. The zero-order valence-corrected chi connectivity index (χ0v) is 17.5. The second kappa shape index (κ2) is 10.1. The smallest absolute Gasteiger partial charge is 0.237 e. The minimum absolute atomic E-state index is 0.148. The first-order chi connectivity index (χ1) is 13.5. The third-order valence-electron chi connectivity index (χ3n) is 6.10. The normalized spacial score (nSPS) is 19.0. The molecule has 5 nitrogen and oxygen atoms in total. The van der Waals surface area contributed by atoms with E-state index >= 15 is 0 Å². The topological polar surface area (TPSA) is 43.9 Å². The van der Waals surface area contributed by atoms with Crippen molar-refractivity contribution in [2.45, 2.75) is 58.5 Å². The van der Waals surface area contributed by atoms with Crippen LogP contribution in [-0.2, 0) is 16.1 Å². The molecule has 2 heterocycles. The molecule has 2 saturated heterocycles. The van der Waals surface area contributed by atoms with Crippen molar-refractivity contribution < 1.29 is 9.59 Å². The molecule has 5 heteroatoms. The van der Waals surface area contributed by atoms with E-state index in [0.717, 1.165) is 57.4 Å². The summed E-state index contributed by atoms with van der Waals surface area (Å²) in [6, 6.07) is 10.3. The van der Waals surface area contributed by atoms with E-state index in [-0.39, 0.29) is 17.9 Å². The predicted molar refractivity (Wildman–Crippen MR) is 112 cm³/mol. The molecule has 0 aromatic heterocycles. The second-order valence-corrected chi connectivity index (χ2v) is 8.54. The van der Waals surface area contributed by atoms with Gasteiger partial charge in [0.2, 0.25) is 11.8 Å². The maximum atomic E-state index is 12.9. The third-order valence-corrected chi connectivity index (χ3v) is 6.10. The molecule has 2 fully saturated rings. The van der Waals surface area contributed by atoms with Gasteiger partial charge in [0, 0.05) is 31.6 Å². The lowest BCUT2D eigenvalue weighted by molar-refractivity contribution is -0.138. The number of hydrogen-bond acceptors (Lipinski definition) is 3. The Hall–Kier alpha value is -1.88. The largest absolute Gasteiger partial charge is 0.342 e. The number of amides is 2. The molecule has 2 aliphatic rings. The summed E-state index contributed by atoms with van der Waals surface area (Å²) in [5.74, 6) is 0.674. The van der Waals surface area contributed by atoms with Gasteiger partial charge in [0.25, 0.3) is 0 Å². The molecule has 1 aromatic carbocycles. The van der Waals surface area contributed by atoms with E-state index in [9.17, 15) is 9.59 Å². The van der Waals surface area contributed by atoms with Gasteiger partial charge in [-0.05, 0) is 64.6 Å². The van der Waals surface area contributed by atoms with E-state index in [1.165, 1.54) is 6.42 Å². The van der Waals surface area contributed by atoms with Crippen molar-refractivity contribution in [3.05, 3.63) is 35.9 Å². The average Bonchev–Trinajstić information content (AvgIpc) is 2.73. The van der Waals surface area contributed by atoms with Gasteiger partial charge in [-0.2, -0.15) is 0 Å². The number of benzene rings is 1. The Morgan fingerprint density at radius 1 is 1.00 bits per heavy atom. The van der Waals surface area contributed by atoms with Gasteiger partial charge in [0.1, 0.15) is 0 Å². The zero-order valence-electron chi connectivity index (χ0n) is 17.5. The predicted octanol–water partition coefficient (Wildman–Crippen LogP) is 3.15. The number of hydrogen-bond donors (Lipinski definition) is 0. The minimum atomic E-state index is 0.148. The van der Waals surface area contributed by atoms with Crippen LogP contribution in [0.15, 0.2) is 30.3 Å². The molecule has 1 aromatic rings. The highest BCUT2D eigenvalue weighted by Crippen LogP contribution is 2.22. The summed E-state index contributed by atoms with van der Waals surface area (Å²) < 4.78 is 0. The van der Waals surface area contributed by atoms with Crippen molar-refractivity contribution in [3.63, 3.8) is 0 Å². The highest BCUT2D eigenvalue weighted by Gasteiger charge is 2.30. The van der Waals surface area contributed by atoms with Gasteiger partial charge >= 0.3 is 0 Å². The van der Waals surface area contributed by atoms with Crippen LogP contribution < -0.4 is 0 Å². The molecule has 3 rings (SSSR count). The monoisotopic (exact) mass is 385 g/mol. The zero-order chi connectivity index (χ0) is 19.9. The van der Waals surface area contributed by atoms with Gasteiger partial charge in [-0.25, -0.2) is 0 Å². The molecule has 2 amide bonds. The Morgan fingerprint density at radius 2 is 1.64 bits per heavy atom. The van der Waals surface area contributed by atoms with E-state index in [0.29, 0.717) is 19.0 Å². The van der Waals surface area contributed by atoms with Crippen molar-refractivity contribution >= 4 is 11.8 Å². The Kier molecular flexibility index (Phi) is 7.49. The van der Waals surface area contributed by atoms with Crippen LogP contribution in [0.5, 0.6) is 0 Å². The van der Waals surface area contributed by atoms with Crippen LogP contribution in [0.2, 0.25) is 0 Å². The highest BCUT2D eigenvalue weighted by atomic mass is 16.2. The molecule has 0 spiro atoms. The molecule has 2 aliphatic heterocycles. The van der Waals surface area contributed by atoms with Crippen molar-refractivity contribution in [1.29, 1.82) is 0 Å². The van der Waals surface area contributed by atoms with Crippen LogP contribution in [0.25, 0.3) is 0 Å². The number of carbonyl (C=O) groups is 2. The van der Waals surface area contributed by atoms with E-state index < -0.39 is 0 Å². The fourth-order valence-corrected chi connectivity index (χ4v) is 4.33. The SMILES string of the molecule is CC(C)N(Cc1ccccc1)C(=O)CN1CCC(C(=O)N2CCCCC2)CC1. The maximum Gasteiger partial charge on any atom is 0.237 e. The lowest BCUT2D eigenvalue weighted by Crippen LogP contribution is -2.48. The van der Waals surface area contributed by atoms with E-state index in [1.54, 1.807) is 0 Å². The van der Waals surface area contributed by atoms with E-state index in [2.05, 4.69) is 35.8 Å². The molecule has 0 aliphatic carbocycles. The van der Waals surface area contributed by atoms with Gasteiger partial charge < -0.3 is 9.80 Å². The average molecular weight is 386 g/mol. The van der Waals surface area contributed by atoms with E-state index in [1.807, 2.05) is 23.1 Å². The quantitative estimate of drug-likeness (QED) is 0.756. The maximum absolute atomic E-state index is 12.9. The Morgan fingerprint density at radius 3 is 2.25 bits per heavy atom. The Balaban J connectivity index is 1.48. The first-order valence-corrected chi connectivity index (χ1v) is 10.9. The van der Waals surface area contributed by atoms with Gasteiger partial charge in [-0.3, -0.25) is 14.5 Å². The van der Waals surface area contributed by atoms with Crippen LogP contribution in [0.3, 0.4) is 0 Å². The van der Waals surface area contributed by atoms with Crippen molar-refractivity contribution in [1.82, 2.24) is 14.7 Å². The van der Waals surface area contributed by atoms with Crippen LogP contribution in [0, 0.1) is 5.92 Å². The summed E-state index contributed by atoms with van der Waals surface area (Å²) in [6.45, 7) is 8.80.